The molecule has 2 aromatic carbocycles. The number of methoxy groups -OCH3 is 1. The van der Waals surface area contributed by atoms with Crippen LogP contribution in [0.2, 0.25) is 0 Å². The van der Waals surface area contributed by atoms with Crippen LogP contribution in [0.15, 0.2) is 61.2 Å². The maximum atomic E-state index is 13.7. The lowest BCUT2D eigenvalue weighted by Gasteiger charge is -2.32. The molecule has 0 aromatic heterocycles. The van der Waals surface area contributed by atoms with Crippen molar-refractivity contribution in [2.24, 2.45) is 5.92 Å². The minimum absolute atomic E-state index is 0.213. The number of rotatable bonds is 11. The Morgan fingerprint density at radius 1 is 1.03 bits per heavy atom. The number of hydrogen-bond donors (Lipinski definition) is 1. The molecule has 0 aliphatic carbocycles. The Balaban J connectivity index is 2.42. The fourth-order valence-electron chi connectivity index (χ4n) is 3.53. The predicted octanol–water partition coefficient (Wildman–Crippen LogP) is 4.30. The fourth-order valence-corrected chi connectivity index (χ4v) is 5.73. The van der Waals surface area contributed by atoms with Gasteiger partial charge in [0.05, 0.1) is 13.2 Å². The molecule has 0 saturated carbocycles. The van der Waals surface area contributed by atoms with Crippen LogP contribution >= 0.6 is 0 Å². The van der Waals surface area contributed by atoms with E-state index in [4.69, 9.17) is 4.74 Å². The molecule has 0 saturated heterocycles. The van der Waals surface area contributed by atoms with Crippen molar-refractivity contribution in [2.75, 3.05) is 7.11 Å². The largest absolute Gasteiger partial charge is 0.497 e. The van der Waals surface area contributed by atoms with Crippen LogP contribution in [0.1, 0.15) is 37.0 Å². The second kappa shape index (κ2) is 10.8. The van der Waals surface area contributed by atoms with Crippen LogP contribution in [0, 0.1) is 12.8 Å². The highest BCUT2D eigenvalue weighted by molar-refractivity contribution is 7.89. The van der Waals surface area contributed by atoms with E-state index in [9.17, 15) is 13.5 Å². The lowest BCUT2D eigenvalue weighted by atomic mass is 10.0. The van der Waals surface area contributed by atoms with Crippen molar-refractivity contribution in [1.82, 2.24) is 4.31 Å². The minimum atomic E-state index is -3.80. The van der Waals surface area contributed by atoms with Gasteiger partial charge in [-0.2, -0.15) is 4.31 Å². The molecule has 0 radical (unpaired) electrons. The van der Waals surface area contributed by atoms with Gasteiger partial charge in [0.15, 0.2) is 0 Å². The Labute approximate surface area is 181 Å². The Morgan fingerprint density at radius 2 is 1.53 bits per heavy atom. The molecule has 5 nitrogen and oxygen atoms in total. The Hall–Kier alpha value is -2.15. The number of aryl methyl sites for hydroxylation is 1. The highest BCUT2D eigenvalue weighted by atomic mass is 32.2. The summed E-state index contributed by atoms with van der Waals surface area (Å²) in [6, 6.07) is 15.2. The van der Waals surface area contributed by atoms with E-state index >= 15 is 0 Å². The van der Waals surface area contributed by atoms with Crippen LogP contribution in [-0.4, -0.2) is 36.3 Å². The molecule has 1 N–H and O–H groups in total. The molecule has 0 unspecified atom stereocenters. The average molecular weight is 432 g/mol. The van der Waals surface area contributed by atoms with E-state index in [0.717, 1.165) is 16.7 Å². The Morgan fingerprint density at radius 3 is 1.97 bits per heavy atom. The first-order chi connectivity index (χ1) is 14.2. The van der Waals surface area contributed by atoms with E-state index in [0.29, 0.717) is 5.75 Å². The molecule has 2 rings (SSSR count). The summed E-state index contributed by atoms with van der Waals surface area (Å²) in [5.41, 5.74) is 2.87. The third kappa shape index (κ3) is 6.17. The van der Waals surface area contributed by atoms with Gasteiger partial charge in [0, 0.05) is 13.1 Å². The molecule has 164 valence electrons. The lowest BCUT2D eigenvalue weighted by Crippen LogP contribution is -2.46. The summed E-state index contributed by atoms with van der Waals surface area (Å²) in [5.74, 6) is 0.467. The van der Waals surface area contributed by atoms with Crippen molar-refractivity contribution < 1.29 is 18.3 Å². The third-order valence-electron chi connectivity index (χ3n) is 5.15. The molecular formula is C24H33NO4S. The van der Waals surface area contributed by atoms with E-state index in [1.807, 2.05) is 69.3 Å². The van der Waals surface area contributed by atoms with Gasteiger partial charge in [-0.1, -0.05) is 61.9 Å². The van der Waals surface area contributed by atoms with E-state index in [1.54, 1.807) is 13.2 Å². The zero-order valence-electron chi connectivity index (χ0n) is 18.3. The normalized spacial score (nSPS) is 14.0. The maximum Gasteiger partial charge on any atom is 0.220 e. The summed E-state index contributed by atoms with van der Waals surface area (Å²) < 4.78 is 34.1. The van der Waals surface area contributed by atoms with Gasteiger partial charge in [0.25, 0.3) is 0 Å². The predicted molar refractivity (Wildman–Crippen MR) is 122 cm³/mol. The first-order valence-corrected chi connectivity index (χ1v) is 11.7. The summed E-state index contributed by atoms with van der Waals surface area (Å²) in [6.45, 7) is 9.74. The highest BCUT2D eigenvalue weighted by Crippen LogP contribution is 2.26. The molecule has 0 heterocycles. The number of sulfonamides is 1. The lowest BCUT2D eigenvalue weighted by molar-refractivity contribution is 0.151. The molecule has 0 bridgehead atoms. The minimum Gasteiger partial charge on any atom is -0.497 e. The van der Waals surface area contributed by atoms with E-state index in [1.165, 1.54) is 4.31 Å². The van der Waals surface area contributed by atoms with Crippen molar-refractivity contribution in [1.29, 1.82) is 0 Å². The molecule has 0 aliphatic heterocycles. The number of aliphatic hydroxyl groups excluding tert-OH is 1. The van der Waals surface area contributed by atoms with Gasteiger partial charge in [0.2, 0.25) is 10.0 Å². The molecular weight excluding hydrogens is 398 g/mol. The smallest absolute Gasteiger partial charge is 0.220 e. The van der Waals surface area contributed by atoms with Crippen LogP contribution in [0.25, 0.3) is 0 Å². The standard InChI is InChI=1S/C24H33NO4S/c1-6-7-23(26)24(18(2)3)30(27,28)25(16-20-10-8-19(4)9-11-20)17-21-12-14-22(29-5)15-13-21/h6,8-15,18,23-24,26H,1,7,16-17H2,2-5H3/t23-,24+/m0/s1. The molecule has 2 aromatic rings. The van der Waals surface area contributed by atoms with E-state index < -0.39 is 21.4 Å². The summed E-state index contributed by atoms with van der Waals surface area (Å²) in [6.07, 6.45) is 0.774. The van der Waals surface area contributed by atoms with Crippen LogP contribution in [0.3, 0.4) is 0 Å². The molecule has 2 atom stereocenters. The molecule has 0 spiro atoms. The molecule has 30 heavy (non-hydrogen) atoms. The molecule has 0 aliphatic rings. The maximum absolute atomic E-state index is 13.7. The Kier molecular flexibility index (Phi) is 8.65. The van der Waals surface area contributed by atoms with Crippen molar-refractivity contribution >= 4 is 10.0 Å². The van der Waals surface area contributed by atoms with Crippen molar-refractivity contribution in [2.45, 2.75) is 51.6 Å². The van der Waals surface area contributed by atoms with E-state index in [-0.39, 0.29) is 25.4 Å². The van der Waals surface area contributed by atoms with Gasteiger partial charge in [-0.15, -0.1) is 6.58 Å². The molecule has 6 heteroatoms. The number of hydrogen-bond acceptors (Lipinski definition) is 4. The molecule has 0 fully saturated rings. The second-order valence-electron chi connectivity index (χ2n) is 7.95. The first-order valence-electron chi connectivity index (χ1n) is 10.2. The van der Waals surface area contributed by atoms with Crippen molar-refractivity contribution in [3.05, 3.63) is 77.9 Å². The van der Waals surface area contributed by atoms with E-state index in [2.05, 4.69) is 6.58 Å². The topological polar surface area (TPSA) is 66.8 Å². The summed E-state index contributed by atoms with van der Waals surface area (Å²) in [5, 5.41) is 9.69. The average Bonchev–Trinajstić information content (AvgIpc) is 2.69. The van der Waals surface area contributed by atoms with Crippen molar-refractivity contribution in [3.63, 3.8) is 0 Å². The highest BCUT2D eigenvalue weighted by Gasteiger charge is 2.39. The van der Waals surface area contributed by atoms with Gasteiger partial charge in [-0.05, 0) is 42.5 Å². The zero-order valence-corrected chi connectivity index (χ0v) is 19.1. The quantitative estimate of drug-likeness (QED) is 0.539. The summed E-state index contributed by atoms with van der Waals surface area (Å²) >= 11 is 0. The van der Waals surface area contributed by atoms with Gasteiger partial charge in [0.1, 0.15) is 11.0 Å². The number of nitrogens with zero attached hydrogens (tertiary/aromatic N) is 1. The van der Waals surface area contributed by atoms with Crippen LogP contribution in [0.5, 0.6) is 5.75 Å². The summed E-state index contributed by atoms with van der Waals surface area (Å²) in [4.78, 5) is 0. The van der Waals surface area contributed by atoms with Crippen molar-refractivity contribution in [3.8, 4) is 5.75 Å². The zero-order chi connectivity index (χ0) is 22.3. The third-order valence-corrected chi connectivity index (χ3v) is 7.67. The van der Waals surface area contributed by atoms with Gasteiger partial charge in [-0.25, -0.2) is 8.42 Å². The second-order valence-corrected chi connectivity index (χ2v) is 10.0. The molecule has 0 amide bonds. The van der Waals surface area contributed by atoms with Gasteiger partial charge < -0.3 is 9.84 Å². The van der Waals surface area contributed by atoms with Crippen LogP contribution in [0.4, 0.5) is 0 Å². The number of benzene rings is 2. The van der Waals surface area contributed by atoms with Gasteiger partial charge in [-0.3, -0.25) is 0 Å². The number of ether oxygens (including phenoxy) is 1. The monoisotopic (exact) mass is 431 g/mol. The SMILES string of the molecule is C=CC[C@H](O)[C@@H](C(C)C)S(=O)(=O)N(Cc1ccc(C)cc1)Cc1ccc(OC)cc1. The fraction of sp³-hybridized carbons (Fsp3) is 0.417. The van der Waals surface area contributed by atoms with Crippen LogP contribution in [-0.2, 0) is 23.1 Å². The Bertz CT molecular complexity index is 905. The van der Waals surface area contributed by atoms with Crippen LogP contribution < -0.4 is 4.74 Å². The number of aliphatic hydroxyl groups is 1. The summed E-state index contributed by atoms with van der Waals surface area (Å²) in [7, 11) is -2.21. The first kappa shape index (κ1) is 24.1. The van der Waals surface area contributed by atoms with Gasteiger partial charge >= 0.3 is 0 Å².